The number of fused-ring (bicyclic) bond motifs is 1. The smallest absolute Gasteiger partial charge is 0.126 e. The van der Waals surface area contributed by atoms with Gasteiger partial charge in [0, 0.05) is 17.5 Å². The Kier molecular flexibility index (Phi) is 4.09. The summed E-state index contributed by atoms with van der Waals surface area (Å²) in [7, 11) is 0. The molecule has 0 spiro atoms. The Hall–Kier alpha value is -1.96. The van der Waals surface area contributed by atoms with Crippen LogP contribution in [-0.2, 0) is 13.0 Å². The van der Waals surface area contributed by atoms with Crippen molar-refractivity contribution in [2.24, 2.45) is 0 Å². The Morgan fingerprint density at radius 3 is 2.52 bits per heavy atom. The van der Waals surface area contributed by atoms with Gasteiger partial charge in [-0.15, -0.1) is 0 Å². The molecule has 0 aromatic heterocycles. The zero-order valence-corrected chi connectivity index (χ0v) is 14.8. The summed E-state index contributed by atoms with van der Waals surface area (Å²) in [5.74, 6) is 2.47. The third kappa shape index (κ3) is 3.21. The normalized spacial score (nSPS) is 15.4. The van der Waals surface area contributed by atoms with E-state index >= 15 is 0 Å². The number of hydrogen-bond acceptors (Lipinski definition) is 2. The van der Waals surface area contributed by atoms with Crippen LogP contribution in [0.25, 0.3) is 0 Å². The fraction of sp³-hybridized carbons (Fsp3) is 0.429. The highest BCUT2D eigenvalue weighted by Gasteiger charge is 2.34. The largest absolute Gasteiger partial charge is 0.488 e. The number of hydrogen-bond donors (Lipinski definition) is 0. The average Bonchev–Trinajstić information content (AvgIpc) is 2.78. The molecule has 23 heavy (non-hydrogen) atoms. The van der Waals surface area contributed by atoms with E-state index in [0.717, 1.165) is 23.5 Å². The molecule has 0 saturated heterocycles. The van der Waals surface area contributed by atoms with Crippen molar-refractivity contribution in [1.29, 1.82) is 0 Å². The van der Waals surface area contributed by atoms with Crippen molar-refractivity contribution in [3.8, 4) is 11.5 Å². The second-order valence-electron chi connectivity index (χ2n) is 7.38. The maximum absolute atomic E-state index is 6.25. The summed E-state index contributed by atoms with van der Waals surface area (Å²) in [6.45, 7) is 11.5. The predicted octanol–water partition coefficient (Wildman–Crippen LogP) is 5.41. The molecule has 0 radical (unpaired) electrons. The van der Waals surface area contributed by atoms with E-state index in [1.807, 2.05) is 18.2 Å². The van der Waals surface area contributed by atoms with Crippen LogP contribution in [0.5, 0.6) is 11.5 Å². The molecule has 1 aliphatic heterocycles. The summed E-state index contributed by atoms with van der Waals surface area (Å²) in [5.41, 5.74) is 4.84. The van der Waals surface area contributed by atoms with Gasteiger partial charge in [0.25, 0.3) is 0 Å². The van der Waals surface area contributed by atoms with E-state index in [2.05, 4.69) is 52.8 Å². The van der Waals surface area contributed by atoms with Crippen LogP contribution in [0.1, 0.15) is 55.9 Å². The molecule has 1 heterocycles. The van der Waals surface area contributed by atoms with Gasteiger partial charge >= 0.3 is 0 Å². The molecular formula is C21H26O2. The lowest BCUT2D eigenvalue weighted by Gasteiger charge is -2.20. The summed E-state index contributed by atoms with van der Waals surface area (Å²) in [4.78, 5) is 0. The van der Waals surface area contributed by atoms with Gasteiger partial charge in [-0.05, 0) is 43.9 Å². The van der Waals surface area contributed by atoms with Crippen LogP contribution < -0.4 is 9.47 Å². The van der Waals surface area contributed by atoms with E-state index in [-0.39, 0.29) is 5.60 Å². The molecule has 0 bridgehead atoms. The zero-order valence-electron chi connectivity index (χ0n) is 14.8. The van der Waals surface area contributed by atoms with Crippen LogP contribution in [0.3, 0.4) is 0 Å². The lowest BCUT2D eigenvalue weighted by atomic mass is 9.89. The summed E-state index contributed by atoms with van der Waals surface area (Å²) in [5, 5.41) is 0. The minimum atomic E-state index is -0.129. The predicted molar refractivity (Wildman–Crippen MR) is 94.5 cm³/mol. The second kappa shape index (κ2) is 5.92. The molecule has 0 atom stereocenters. The van der Waals surface area contributed by atoms with Crippen molar-refractivity contribution in [2.75, 3.05) is 0 Å². The highest BCUT2D eigenvalue weighted by molar-refractivity contribution is 5.57. The second-order valence-corrected chi connectivity index (χ2v) is 7.38. The minimum absolute atomic E-state index is 0.129. The molecule has 0 unspecified atom stereocenters. The Balaban J connectivity index is 1.97. The maximum Gasteiger partial charge on any atom is 0.126 e. The molecule has 2 aromatic carbocycles. The van der Waals surface area contributed by atoms with Gasteiger partial charge in [0.2, 0.25) is 0 Å². The first kappa shape index (κ1) is 15.9. The summed E-state index contributed by atoms with van der Waals surface area (Å²) >= 11 is 0. The first-order valence-electron chi connectivity index (χ1n) is 8.39. The van der Waals surface area contributed by atoms with Gasteiger partial charge in [0.15, 0.2) is 0 Å². The van der Waals surface area contributed by atoms with Crippen molar-refractivity contribution in [3.05, 3.63) is 58.7 Å². The van der Waals surface area contributed by atoms with E-state index in [1.165, 1.54) is 16.7 Å². The molecule has 2 aromatic rings. The third-order valence-corrected chi connectivity index (χ3v) is 4.37. The molecule has 0 fully saturated rings. The molecule has 0 aliphatic carbocycles. The summed E-state index contributed by atoms with van der Waals surface area (Å²) in [6.07, 6.45) is 0.942. The van der Waals surface area contributed by atoms with E-state index in [0.29, 0.717) is 12.5 Å². The molecular weight excluding hydrogens is 284 g/mol. The fourth-order valence-corrected chi connectivity index (χ4v) is 3.40. The molecule has 0 amide bonds. The third-order valence-electron chi connectivity index (χ3n) is 4.37. The van der Waals surface area contributed by atoms with Crippen LogP contribution >= 0.6 is 0 Å². The van der Waals surface area contributed by atoms with Crippen molar-refractivity contribution in [3.63, 3.8) is 0 Å². The van der Waals surface area contributed by atoms with Gasteiger partial charge in [-0.3, -0.25) is 0 Å². The molecule has 122 valence electrons. The topological polar surface area (TPSA) is 18.5 Å². The standard InChI is InChI=1S/C21H26O2/c1-14(2)19-17-12-21(4,5)23-18(17)11-15(3)20(19)22-13-16-9-7-6-8-10-16/h6-11,14H,12-13H2,1-5H3. The van der Waals surface area contributed by atoms with E-state index in [4.69, 9.17) is 9.47 Å². The number of rotatable bonds is 4. The molecule has 1 aliphatic rings. The number of ether oxygens (including phenoxy) is 2. The lowest BCUT2D eigenvalue weighted by Crippen LogP contribution is -2.24. The van der Waals surface area contributed by atoms with Gasteiger partial charge in [-0.1, -0.05) is 44.2 Å². The summed E-state index contributed by atoms with van der Waals surface area (Å²) in [6, 6.07) is 12.5. The quantitative estimate of drug-likeness (QED) is 0.751. The van der Waals surface area contributed by atoms with Crippen LogP contribution in [0.4, 0.5) is 0 Å². The van der Waals surface area contributed by atoms with E-state index in [1.54, 1.807) is 0 Å². The highest BCUT2D eigenvalue weighted by atomic mass is 16.5. The van der Waals surface area contributed by atoms with Gasteiger partial charge in [0.1, 0.15) is 23.7 Å². The minimum Gasteiger partial charge on any atom is -0.488 e. The molecule has 2 nitrogen and oxygen atoms in total. The van der Waals surface area contributed by atoms with Gasteiger partial charge in [0.05, 0.1) is 0 Å². The number of aryl methyl sites for hydroxylation is 1. The Bertz CT molecular complexity index is 700. The van der Waals surface area contributed by atoms with Crippen molar-refractivity contribution >= 4 is 0 Å². The zero-order chi connectivity index (χ0) is 16.6. The molecule has 2 heteroatoms. The first-order chi connectivity index (χ1) is 10.9. The van der Waals surface area contributed by atoms with E-state index < -0.39 is 0 Å². The highest BCUT2D eigenvalue weighted by Crippen LogP contribution is 2.45. The van der Waals surface area contributed by atoms with Crippen molar-refractivity contribution in [2.45, 2.75) is 59.2 Å². The number of benzene rings is 2. The van der Waals surface area contributed by atoms with Crippen LogP contribution in [0.15, 0.2) is 36.4 Å². The average molecular weight is 310 g/mol. The van der Waals surface area contributed by atoms with Gasteiger partial charge < -0.3 is 9.47 Å². The van der Waals surface area contributed by atoms with Crippen molar-refractivity contribution in [1.82, 2.24) is 0 Å². The lowest BCUT2D eigenvalue weighted by molar-refractivity contribution is 0.138. The Labute approximate surface area is 139 Å². The molecule has 0 saturated carbocycles. The van der Waals surface area contributed by atoms with Gasteiger partial charge in [-0.25, -0.2) is 0 Å². The van der Waals surface area contributed by atoms with Crippen molar-refractivity contribution < 1.29 is 9.47 Å². The Morgan fingerprint density at radius 1 is 1.17 bits per heavy atom. The van der Waals surface area contributed by atoms with Crippen LogP contribution in [0, 0.1) is 6.92 Å². The van der Waals surface area contributed by atoms with Gasteiger partial charge in [-0.2, -0.15) is 0 Å². The fourth-order valence-electron chi connectivity index (χ4n) is 3.40. The Morgan fingerprint density at radius 2 is 1.87 bits per heavy atom. The maximum atomic E-state index is 6.25. The monoisotopic (exact) mass is 310 g/mol. The SMILES string of the molecule is Cc1cc2c(c(C(C)C)c1OCc1ccccc1)CC(C)(C)O2. The van der Waals surface area contributed by atoms with E-state index in [9.17, 15) is 0 Å². The molecule has 0 N–H and O–H groups in total. The first-order valence-corrected chi connectivity index (χ1v) is 8.39. The van der Waals surface area contributed by atoms with Crippen LogP contribution in [0.2, 0.25) is 0 Å². The van der Waals surface area contributed by atoms with Crippen LogP contribution in [-0.4, -0.2) is 5.60 Å². The summed E-state index contributed by atoms with van der Waals surface area (Å²) < 4.78 is 12.4. The molecule has 3 rings (SSSR count).